The molecule has 1 heterocycles. The lowest BCUT2D eigenvalue weighted by molar-refractivity contribution is -0.563. The van der Waals surface area contributed by atoms with E-state index in [0.717, 1.165) is 10.4 Å². The third kappa shape index (κ3) is 1.47. The van der Waals surface area contributed by atoms with Crippen LogP contribution in [0.25, 0.3) is 11.0 Å². The molecule has 2 aromatic rings. The van der Waals surface area contributed by atoms with E-state index in [-0.39, 0.29) is 5.95 Å². The molecule has 1 aromatic heterocycles. The van der Waals surface area contributed by atoms with Gasteiger partial charge in [-0.25, -0.2) is 4.73 Å². The molecule has 0 aliphatic carbocycles. The predicted octanol–water partition coefficient (Wildman–Crippen LogP) is 0.637. The first-order valence-electron chi connectivity index (χ1n) is 5.18. The second-order valence-electron chi connectivity index (χ2n) is 3.57. The molecule has 4 N–H and O–H groups in total. The van der Waals surface area contributed by atoms with Crippen LogP contribution in [0.2, 0.25) is 0 Å². The highest BCUT2D eigenvalue weighted by molar-refractivity contribution is 5.90. The molecule has 0 saturated carbocycles. The van der Waals surface area contributed by atoms with Gasteiger partial charge in [-0.2, -0.15) is 0 Å². The summed E-state index contributed by atoms with van der Waals surface area (Å²) in [6, 6.07) is 3.50. The minimum absolute atomic E-state index is 0.0738. The lowest BCUT2D eigenvalue weighted by Crippen LogP contribution is -2.29. The number of benzene rings is 1. The van der Waals surface area contributed by atoms with Crippen LogP contribution in [0.4, 0.5) is 17.3 Å². The van der Waals surface area contributed by atoms with Crippen LogP contribution in [0.5, 0.6) is 0 Å². The standard InChI is InChI=1S/C10H15N5O2/c1-11-6-4-7(12-2)9-8(5-6)14(16)10(13-3)15(9)17/h4-5,11-13,16H,1-3H3. The van der Waals surface area contributed by atoms with E-state index in [1.807, 2.05) is 0 Å². The summed E-state index contributed by atoms with van der Waals surface area (Å²) < 4.78 is 1.49. The van der Waals surface area contributed by atoms with Crippen LogP contribution in [-0.4, -0.2) is 31.1 Å². The molecule has 2 rings (SSSR count). The van der Waals surface area contributed by atoms with Gasteiger partial charge in [-0.05, 0) is 6.07 Å². The molecule has 0 unspecified atom stereocenters. The average molecular weight is 237 g/mol. The van der Waals surface area contributed by atoms with E-state index in [1.54, 1.807) is 33.3 Å². The van der Waals surface area contributed by atoms with E-state index >= 15 is 0 Å². The van der Waals surface area contributed by atoms with E-state index in [0.29, 0.717) is 21.5 Å². The highest BCUT2D eigenvalue weighted by atomic mass is 16.5. The monoisotopic (exact) mass is 237 g/mol. The van der Waals surface area contributed by atoms with Crippen molar-refractivity contribution in [1.29, 1.82) is 0 Å². The summed E-state index contributed by atoms with van der Waals surface area (Å²) in [5.41, 5.74) is 2.27. The zero-order valence-corrected chi connectivity index (χ0v) is 9.90. The number of aromatic nitrogens is 2. The van der Waals surface area contributed by atoms with Gasteiger partial charge in [-0.3, -0.25) is 5.32 Å². The van der Waals surface area contributed by atoms with Crippen LogP contribution >= 0.6 is 0 Å². The topological polar surface area (TPSA) is 88.2 Å². The van der Waals surface area contributed by atoms with Crippen molar-refractivity contribution in [3.8, 4) is 0 Å². The molecule has 0 fully saturated rings. The Bertz CT molecular complexity index is 564. The minimum atomic E-state index is 0.0738. The van der Waals surface area contributed by atoms with Gasteiger partial charge in [0, 0.05) is 25.8 Å². The Morgan fingerprint density at radius 1 is 1.18 bits per heavy atom. The fraction of sp³-hybridized carbons (Fsp3) is 0.300. The molecule has 92 valence electrons. The lowest BCUT2D eigenvalue weighted by atomic mass is 10.2. The first-order chi connectivity index (χ1) is 8.13. The van der Waals surface area contributed by atoms with Gasteiger partial charge in [-0.15, -0.1) is 0 Å². The van der Waals surface area contributed by atoms with Gasteiger partial charge in [-0.1, -0.05) is 4.73 Å². The van der Waals surface area contributed by atoms with Gasteiger partial charge in [0.1, 0.15) is 0 Å². The quantitative estimate of drug-likeness (QED) is 0.357. The molecule has 0 aliphatic rings. The van der Waals surface area contributed by atoms with E-state index < -0.39 is 0 Å². The molecule has 0 saturated heterocycles. The van der Waals surface area contributed by atoms with Crippen molar-refractivity contribution < 1.29 is 9.94 Å². The largest absolute Gasteiger partial charge is 0.740 e. The summed E-state index contributed by atoms with van der Waals surface area (Å²) in [6.45, 7) is 0. The number of rotatable bonds is 3. The third-order valence-corrected chi connectivity index (χ3v) is 2.70. The maximum Gasteiger partial charge on any atom is 0.395 e. The summed E-state index contributed by atoms with van der Waals surface area (Å²) in [6.07, 6.45) is 0. The Kier molecular flexibility index (Phi) is 2.58. The van der Waals surface area contributed by atoms with Crippen molar-refractivity contribution >= 4 is 28.4 Å². The maximum atomic E-state index is 12.0. The van der Waals surface area contributed by atoms with Crippen LogP contribution in [0.3, 0.4) is 0 Å². The number of nitrogens with one attached hydrogen (secondary N) is 3. The van der Waals surface area contributed by atoms with Gasteiger partial charge < -0.3 is 21.0 Å². The highest BCUT2D eigenvalue weighted by Gasteiger charge is 2.21. The second kappa shape index (κ2) is 3.93. The van der Waals surface area contributed by atoms with Crippen LogP contribution < -0.4 is 20.7 Å². The summed E-state index contributed by atoms with van der Waals surface area (Å²) >= 11 is 0. The zero-order chi connectivity index (χ0) is 12.6. The number of imidazole rings is 1. The Hall–Kier alpha value is -2.31. The summed E-state index contributed by atoms with van der Waals surface area (Å²) in [7, 11) is 5.07. The fourth-order valence-electron chi connectivity index (χ4n) is 1.84. The molecular formula is C10H15N5O2. The summed E-state index contributed by atoms with van der Waals surface area (Å²) in [5, 5.41) is 30.4. The summed E-state index contributed by atoms with van der Waals surface area (Å²) in [4.78, 5) is 0. The minimum Gasteiger partial charge on any atom is -0.740 e. The Morgan fingerprint density at radius 2 is 1.88 bits per heavy atom. The van der Waals surface area contributed by atoms with Gasteiger partial charge in [0.25, 0.3) is 0 Å². The Labute approximate surface area is 98.2 Å². The van der Waals surface area contributed by atoms with Crippen molar-refractivity contribution in [2.24, 2.45) is 0 Å². The smallest absolute Gasteiger partial charge is 0.395 e. The predicted molar refractivity (Wildman–Crippen MR) is 66.7 cm³/mol. The van der Waals surface area contributed by atoms with Crippen LogP contribution in [0, 0.1) is 5.21 Å². The lowest BCUT2D eigenvalue weighted by Gasteiger charge is -2.08. The molecular weight excluding hydrogens is 222 g/mol. The van der Waals surface area contributed by atoms with Crippen molar-refractivity contribution in [3.05, 3.63) is 17.3 Å². The molecule has 1 aromatic carbocycles. The fourth-order valence-corrected chi connectivity index (χ4v) is 1.84. The van der Waals surface area contributed by atoms with Crippen LogP contribution in [-0.2, 0) is 0 Å². The molecule has 7 nitrogen and oxygen atoms in total. The first-order valence-corrected chi connectivity index (χ1v) is 5.18. The SMILES string of the molecule is CNc1cc(NC)c2c(c1)n(O)c(NC)[n+]2[O-]. The van der Waals surface area contributed by atoms with Crippen molar-refractivity contribution in [2.45, 2.75) is 0 Å². The maximum absolute atomic E-state index is 12.0. The van der Waals surface area contributed by atoms with E-state index in [4.69, 9.17) is 0 Å². The van der Waals surface area contributed by atoms with Crippen molar-refractivity contribution in [2.75, 3.05) is 37.1 Å². The Balaban J connectivity index is 2.87. The second-order valence-corrected chi connectivity index (χ2v) is 3.57. The van der Waals surface area contributed by atoms with Crippen molar-refractivity contribution in [3.63, 3.8) is 0 Å². The molecule has 0 bridgehead atoms. The Morgan fingerprint density at radius 3 is 2.41 bits per heavy atom. The van der Waals surface area contributed by atoms with E-state index in [2.05, 4.69) is 16.0 Å². The van der Waals surface area contributed by atoms with Gasteiger partial charge in [0.05, 0.1) is 12.7 Å². The number of nitrogens with zero attached hydrogens (tertiary/aromatic N) is 2. The summed E-state index contributed by atoms with van der Waals surface area (Å²) in [5.74, 6) is 0.0738. The third-order valence-electron chi connectivity index (χ3n) is 2.70. The first kappa shape index (κ1) is 11.2. The molecule has 0 aliphatic heterocycles. The van der Waals surface area contributed by atoms with Crippen LogP contribution in [0.1, 0.15) is 0 Å². The number of anilines is 3. The van der Waals surface area contributed by atoms with E-state index in [9.17, 15) is 10.4 Å². The molecule has 0 spiro atoms. The number of fused-ring (bicyclic) bond motifs is 1. The number of hydrogen-bond acceptors (Lipinski definition) is 5. The molecule has 0 amide bonds. The van der Waals surface area contributed by atoms with Crippen LogP contribution in [0.15, 0.2) is 12.1 Å². The average Bonchev–Trinajstić information content (AvgIpc) is 2.60. The molecule has 0 atom stereocenters. The van der Waals surface area contributed by atoms with E-state index in [1.165, 1.54) is 0 Å². The normalized spacial score (nSPS) is 10.5. The molecule has 17 heavy (non-hydrogen) atoms. The van der Waals surface area contributed by atoms with Gasteiger partial charge in [0.2, 0.25) is 0 Å². The van der Waals surface area contributed by atoms with Gasteiger partial charge >= 0.3 is 5.95 Å². The zero-order valence-electron chi connectivity index (χ0n) is 9.90. The highest BCUT2D eigenvalue weighted by Crippen LogP contribution is 2.27. The number of hydrogen-bond donors (Lipinski definition) is 4. The van der Waals surface area contributed by atoms with Crippen molar-refractivity contribution in [1.82, 2.24) is 4.73 Å². The van der Waals surface area contributed by atoms with Gasteiger partial charge in [0.15, 0.2) is 11.0 Å². The molecule has 0 radical (unpaired) electrons. The molecule has 7 heteroatoms.